The molecule has 6 rings (SSSR count). The third-order valence-corrected chi connectivity index (χ3v) is 12.5. The summed E-state index contributed by atoms with van der Waals surface area (Å²) < 4.78 is 43.0. The minimum absolute atomic E-state index is 0.00301. The molecule has 2 fully saturated rings. The number of benzene rings is 2. The SMILES string of the molecule is C=CCCOC(=O)N(CCC)[C@H]1CC(=NOC2CCCCO2)C2=C[C@H](CCCCO)[C@@H](CCCCO)[C@@H]3c4cc(OC(=O)Nc5ccc(OC)cc5OC)ccc4O[C@@]1(OCC=C)[C@H]23. The summed E-state index contributed by atoms with van der Waals surface area (Å²) in [6.45, 7) is 11.1. The molecule has 2 heterocycles. The average Bonchev–Trinajstić information content (AvgIpc) is 3.31. The van der Waals surface area contributed by atoms with Gasteiger partial charge in [-0.3, -0.25) is 10.2 Å². The first-order chi connectivity index (χ1) is 31.2. The van der Waals surface area contributed by atoms with Gasteiger partial charge in [-0.15, -0.1) is 13.2 Å². The van der Waals surface area contributed by atoms with Crippen molar-refractivity contribution in [3.05, 3.63) is 78.9 Å². The lowest BCUT2D eigenvalue weighted by Gasteiger charge is -2.59. The molecule has 3 N–H and O–H groups in total. The van der Waals surface area contributed by atoms with E-state index in [1.807, 2.05) is 13.0 Å². The van der Waals surface area contributed by atoms with Crippen LogP contribution in [0.3, 0.4) is 0 Å². The van der Waals surface area contributed by atoms with Crippen LogP contribution in [0, 0.1) is 17.8 Å². The van der Waals surface area contributed by atoms with Gasteiger partial charge in [0.15, 0.2) is 0 Å². The van der Waals surface area contributed by atoms with Gasteiger partial charge in [0, 0.05) is 50.1 Å². The Labute approximate surface area is 377 Å². The summed E-state index contributed by atoms with van der Waals surface area (Å²) >= 11 is 0. The van der Waals surface area contributed by atoms with Crippen molar-refractivity contribution in [3.8, 4) is 23.0 Å². The molecule has 15 nitrogen and oxygen atoms in total. The number of carbonyl (C=O) groups excluding carboxylic acids is 2. The molecule has 1 saturated carbocycles. The molecule has 2 amide bonds. The van der Waals surface area contributed by atoms with Crippen molar-refractivity contribution < 1.29 is 57.8 Å². The highest BCUT2D eigenvalue weighted by Crippen LogP contribution is 2.62. The van der Waals surface area contributed by atoms with Crippen molar-refractivity contribution in [1.82, 2.24) is 4.90 Å². The lowest BCUT2D eigenvalue weighted by molar-refractivity contribution is -0.255. The number of amides is 2. The molecule has 0 spiro atoms. The number of ether oxygens (including phenoxy) is 7. The number of anilines is 1. The summed E-state index contributed by atoms with van der Waals surface area (Å²) in [5, 5.41) is 27.6. The molecule has 4 aliphatic rings. The van der Waals surface area contributed by atoms with Crippen LogP contribution in [0.5, 0.6) is 23.0 Å². The molecule has 7 atom stereocenters. The molecule has 1 unspecified atom stereocenters. The number of methoxy groups -OCH3 is 2. The second kappa shape index (κ2) is 23.7. The average molecular weight is 890 g/mol. The molecular formula is C49H67N3O12. The first-order valence-electron chi connectivity index (χ1n) is 22.9. The quantitative estimate of drug-likeness (QED) is 0.0550. The van der Waals surface area contributed by atoms with Crippen molar-refractivity contribution >= 4 is 23.6 Å². The Hall–Kier alpha value is -5.09. The molecule has 350 valence electrons. The molecule has 0 aromatic heterocycles. The normalized spacial score (nSPS) is 25.1. The van der Waals surface area contributed by atoms with Crippen LogP contribution >= 0.6 is 0 Å². The van der Waals surface area contributed by atoms with Crippen LogP contribution in [0.1, 0.15) is 95.5 Å². The maximum atomic E-state index is 14.3. The molecule has 0 radical (unpaired) electrons. The van der Waals surface area contributed by atoms with Crippen molar-refractivity contribution in [1.29, 1.82) is 0 Å². The van der Waals surface area contributed by atoms with E-state index in [2.05, 4.69) is 24.6 Å². The molecular weight excluding hydrogens is 823 g/mol. The number of rotatable bonds is 23. The van der Waals surface area contributed by atoms with Gasteiger partial charge < -0.3 is 48.2 Å². The van der Waals surface area contributed by atoms with Crippen LogP contribution in [0.4, 0.5) is 15.3 Å². The van der Waals surface area contributed by atoms with E-state index in [4.69, 9.17) is 43.2 Å². The predicted molar refractivity (Wildman–Crippen MR) is 242 cm³/mol. The number of aliphatic hydroxyl groups excluding tert-OH is 2. The van der Waals surface area contributed by atoms with E-state index in [1.165, 1.54) is 7.11 Å². The minimum Gasteiger partial charge on any atom is -0.497 e. The first-order valence-corrected chi connectivity index (χ1v) is 22.9. The van der Waals surface area contributed by atoms with Crippen molar-refractivity contribution in [2.75, 3.05) is 59.1 Å². The maximum absolute atomic E-state index is 14.3. The van der Waals surface area contributed by atoms with E-state index in [0.717, 1.165) is 49.7 Å². The van der Waals surface area contributed by atoms with E-state index in [9.17, 15) is 19.8 Å². The number of nitrogens with one attached hydrogen (secondary N) is 1. The number of oxime groups is 1. The smallest absolute Gasteiger partial charge is 0.417 e. The van der Waals surface area contributed by atoms with Gasteiger partial charge in [0.2, 0.25) is 12.1 Å². The van der Waals surface area contributed by atoms with Crippen LogP contribution in [0.25, 0.3) is 0 Å². The van der Waals surface area contributed by atoms with Crippen LogP contribution in [-0.2, 0) is 19.0 Å². The fourth-order valence-corrected chi connectivity index (χ4v) is 9.70. The molecule has 2 aliphatic heterocycles. The second-order valence-corrected chi connectivity index (χ2v) is 16.6. The maximum Gasteiger partial charge on any atom is 0.417 e. The monoisotopic (exact) mass is 889 g/mol. The standard InChI is InChI=1S/C49H67N3O12/c1-6-9-27-60-48(56)52(23-7-2)43-32-40(51-64-44-18-12-15-28-59-44)37-29-33(16-10-13-24-53)36(17-11-14-25-54)45-38-30-35(20-22-41(38)63-49(43,46(37)45)61-26-8-3)62-47(55)50-39-21-19-34(57-4)31-42(39)58-5/h6,8,19-22,29-31,33,36,43-46,53-54H,1,3,7,9-18,23-28,32H2,2,4-5H3,(H,50,55)/t33-,36+,43-,44?,45+,46+,49+/m0/s1. The van der Waals surface area contributed by atoms with E-state index in [0.29, 0.717) is 73.9 Å². The Morgan fingerprint density at radius 1 is 1.00 bits per heavy atom. The lowest BCUT2D eigenvalue weighted by Crippen LogP contribution is -2.70. The molecule has 64 heavy (non-hydrogen) atoms. The number of carbonyl (C=O) groups is 2. The van der Waals surface area contributed by atoms with Gasteiger partial charge in [0.05, 0.1) is 51.4 Å². The Morgan fingerprint density at radius 2 is 1.80 bits per heavy atom. The number of fused-ring (bicyclic) bond motifs is 2. The minimum atomic E-state index is -1.47. The highest BCUT2D eigenvalue weighted by Gasteiger charge is 2.65. The Kier molecular flexibility index (Phi) is 17.9. The van der Waals surface area contributed by atoms with E-state index in [1.54, 1.807) is 54.5 Å². The second-order valence-electron chi connectivity index (χ2n) is 16.6. The fourth-order valence-electron chi connectivity index (χ4n) is 9.70. The summed E-state index contributed by atoms with van der Waals surface area (Å²) in [6.07, 6.45) is 12.1. The van der Waals surface area contributed by atoms with Crippen molar-refractivity contribution in [2.45, 2.75) is 108 Å². The van der Waals surface area contributed by atoms with Gasteiger partial charge in [0.25, 0.3) is 0 Å². The Bertz CT molecular complexity index is 1950. The highest BCUT2D eigenvalue weighted by atomic mass is 16.8. The summed E-state index contributed by atoms with van der Waals surface area (Å²) in [5.41, 5.74) is 2.73. The summed E-state index contributed by atoms with van der Waals surface area (Å²) in [4.78, 5) is 35.8. The largest absolute Gasteiger partial charge is 0.497 e. The van der Waals surface area contributed by atoms with Gasteiger partial charge in [-0.25, -0.2) is 9.59 Å². The zero-order valence-electron chi connectivity index (χ0n) is 37.7. The topological polar surface area (TPSA) is 176 Å². The molecule has 1 saturated heterocycles. The van der Waals surface area contributed by atoms with Crippen LogP contribution in [0.2, 0.25) is 0 Å². The molecule has 2 aliphatic carbocycles. The van der Waals surface area contributed by atoms with Crippen LogP contribution in [-0.4, -0.2) is 105 Å². The molecule has 2 aromatic carbocycles. The third-order valence-electron chi connectivity index (χ3n) is 12.5. The number of hydrogen-bond donors (Lipinski definition) is 3. The number of unbranched alkanes of at least 4 members (excludes halogenated alkanes) is 2. The van der Waals surface area contributed by atoms with Crippen molar-refractivity contribution in [2.24, 2.45) is 22.9 Å². The van der Waals surface area contributed by atoms with Gasteiger partial charge in [0.1, 0.15) is 29.0 Å². The summed E-state index contributed by atoms with van der Waals surface area (Å²) in [7, 11) is 3.05. The molecule has 2 aromatic rings. The van der Waals surface area contributed by atoms with Crippen LogP contribution < -0.4 is 24.3 Å². The Balaban J connectivity index is 1.52. The number of nitrogens with zero attached hydrogens (tertiary/aromatic N) is 2. The molecule has 0 bridgehead atoms. The van der Waals surface area contributed by atoms with Gasteiger partial charge in [-0.2, -0.15) is 0 Å². The molecule has 15 heteroatoms. The summed E-state index contributed by atoms with van der Waals surface area (Å²) in [5.74, 6) is -0.634. The zero-order valence-corrected chi connectivity index (χ0v) is 37.7. The number of aliphatic hydroxyl groups is 2. The highest BCUT2D eigenvalue weighted by molar-refractivity contribution is 6.03. The van der Waals surface area contributed by atoms with Crippen molar-refractivity contribution in [3.63, 3.8) is 0 Å². The van der Waals surface area contributed by atoms with Gasteiger partial charge >= 0.3 is 12.2 Å². The zero-order chi connectivity index (χ0) is 45.5. The number of hydrogen-bond acceptors (Lipinski definition) is 13. The van der Waals surface area contributed by atoms with Gasteiger partial charge in [-0.05, 0) is 99.1 Å². The number of allylic oxidation sites excluding steroid dienone is 1. The first kappa shape index (κ1) is 48.4. The summed E-state index contributed by atoms with van der Waals surface area (Å²) in [6, 6.07) is 9.63. The third kappa shape index (κ3) is 11.2. The predicted octanol–water partition coefficient (Wildman–Crippen LogP) is 8.90. The van der Waals surface area contributed by atoms with E-state index in [-0.39, 0.29) is 56.4 Å². The fraction of sp³-hybridized carbons (Fsp3) is 0.571. The van der Waals surface area contributed by atoms with Crippen LogP contribution in [0.15, 0.2) is 78.5 Å². The van der Waals surface area contributed by atoms with E-state index >= 15 is 0 Å². The van der Waals surface area contributed by atoms with Gasteiger partial charge in [-0.1, -0.05) is 43.1 Å². The Morgan fingerprint density at radius 3 is 2.50 bits per heavy atom. The lowest BCUT2D eigenvalue weighted by atomic mass is 9.55. The van der Waals surface area contributed by atoms with E-state index < -0.39 is 36.2 Å².